The molecule has 25 heavy (non-hydrogen) atoms. The van der Waals surface area contributed by atoms with Gasteiger partial charge in [0, 0.05) is 31.7 Å². The monoisotopic (exact) mass is 338 g/mol. The lowest BCUT2D eigenvalue weighted by molar-refractivity contribution is 0.478. The van der Waals surface area contributed by atoms with E-state index < -0.39 is 0 Å². The van der Waals surface area contributed by atoms with Gasteiger partial charge in [0.15, 0.2) is 11.8 Å². The molecule has 2 aromatic rings. The number of nitrogens with zero attached hydrogens (tertiary/aromatic N) is 5. The van der Waals surface area contributed by atoms with Crippen LogP contribution in [-0.2, 0) is 19.0 Å². The molecule has 1 aliphatic heterocycles. The van der Waals surface area contributed by atoms with Crippen LogP contribution >= 0.6 is 0 Å². The highest BCUT2D eigenvalue weighted by molar-refractivity contribution is 5.98. The van der Waals surface area contributed by atoms with Crippen molar-refractivity contribution in [3.05, 3.63) is 41.5 Å². The Kier molecular flexibility index (Phi) is 3.98. The molecule has 2 heterocycles. The van der Waals surface area contributed by atoms with Crippen LogP contribution in [-0.4, -0.2) is 34.3 Å². The van der Waals surface area contributed by atoms with Crippen molar-refractivity contribution < 1.29 is 0 Å². The molecular weight excluding hydrogens is 312 g/mol. The highest BCUT2D eigenvalue weighted by Gasteiger charge is 2.45. The number of hydrogen-bond acceptors (Lipinski definition) is 3. The number of para-hydroxylation sites is 1. The van der Waals surface area contributed by atoms with Gasteiger partial charge >= 0.3 is 0 Å². The number of aryl methyl sites for hydroxylation is 1. The summed E-state index contributed by atoms with van der Waals surface area (Å²) in [6, 6.07) is 8.82. The summed E-state index contributed by atoms with van der Waals surface area (Å²) >= 11 is 0. The molecule has 0 unspecified atom stereocenters. The van der Waals surface area contributed by atoms with E-state index >= 15 is 0 Å². The lowest BCUT2D eigenvalue weighted by Gasteiger charge is -2.26. The quantitative estimate of drug-likeness (QED) is 0.675. The first-order valence-electron chi connectivity index (χ1n) is 9.07. The van der Waals surface area contributed by atoms with Gasteiger partial charge in [0.2, 0.25) is 0 Å². The third-order valence-corrected chi connectivity index (χ3v) is 5.84. The van der Waals surface area contributed by atoms with Crippen molar-refractivity contribution in [2.45, 2.75) is 44.6 Å². The van der Waals surface area contributed by atoms with Crippen LogP contribution in [0.3, 0.4) is 0 Å². The number of guanidine groups is 1. The predicted molar refractivity (Wildman–Crippen MR) is 99.9 cm³/mol. The van der Waals surface area contributed by atoms with Crippen molar-refractivity contribution in [2.75, 3.05) is 18.5 Å². The fraction of sp³-hybridized carbons (Fsp3) is 0.526. The summed E-state index contributed by atoms with van der Waals surface area (Å²) in [5, 5.41) is 11.9. The van der Waals surface area contributed by atoms with E-state index in [1.165, 1.54) is 36.9 Å². The van der Waals surface area contributed by atoms with Crippen LogP contribution in [0.15, 0.2) is 29.3 Å². The predicted octanol–water partition coefficient (Wildman–Crippen LogP) is 2.53. The minimum absolute atomic E-state index is 0.301. The van der Waals surface area contributed by atoms with Gasteiger partial charge in [-0.2, -0.15) is 0 Å². The van der Waals surface area contributed by atoms with Crippen molar-refractivity contribution >= 4 is 11.6 Å². The normalized spacial score (nSPS) is 18.8. The van der Waals surface area contributed by atoms with Crippen LogP contribution < -0.4 is 10.2 Å². The van der Waals surface area contributed by atoms with Crippen LogP contribution in [0.25, 0.3) is 0 Å². The Morgan fingerprint density at radius 1 is 1.24 bits per heavy atom. The van der Waals surface area contributed by atoms with Gasteiger partial charge in [-0.05, 0) is 31.4 Å². The van der Waals surface area contributed by atoms with Crippen LogP contribution in [0.1, 0.15) is 42.9 Å². The first kappa shape index (κ1) is 16.1. The molecule has 0 radical (unpaired) electrons. The summed E-state index contributed by atoms with van der Waals surface area (Å²) in [6.45, 7) is 3.60. The molecule has 2 aliphatic rings. The number of aromatic nitrogens is 3. The molecule has 1 spiro atoms. The van der Waals surface area contributed by atoms with Crippen molar-refractivity contribution in [3.63, 3.8) is 0 Å². The third-order valence-electron chi connectivity index (χ3n) is 5.84. The smallest absolute Gasteiger partial charge is 0.198 e. The Balaban J connectivity index is 1.59. The van der Waals surface area contributed by atoms with E-state index in [-0.39, 0.29) is 0 Å². The topological polar surface area (TPSA) is 58.3 Å². The summed E-state index contributed by atoms with van der Waals surface area (Å²) in [5.74, 6) is 2.75. The second-order valence-corrected chi connectivity index (χ2v) is 7.21. The lowest BCUT2D eigenvalue weighted by Crippen LogP contribution is -2.43. The summed E-state index contributed by atoms with van der Waals surface area (Å²) in [6.07, 6.45) is 5.21. The molecule has 6 nitrogen and oxygen atoms in total. The molecule has 1 aromatic heterocycles. The van der Waals surface area contributed by atoms with Crippen molar-refractivity contribution in [3.8, 4) is 0 Å². The van der Waals surface area contributed by atoms with Crippen molar-refractivity contribution in [1.29, 1.82) is 0 Å². The van der Waals surface area contributed by atoms with Gasteiger partial charge in [0.05, 0.1) is 6.54 Å². The number of aliphatic imine (C=N–C) groups is 1. The maximum absolute atomic E-state index is 4.55. The summed E-state index contributed by atoms with van der Waals surface area (Å²) in [5.41, 5.74) is 3.09. The summed E-state index contributed by atoms with van der Waals surface area (Å²) in [4.78, 5) is 6.90. The fourth-order valence-corrected chi connectivity index (χ4v) is 4.36. The second kappa shape index (κ2) is 6.17. The first-order valence-corrected chi connectivity index (χ1v) is 9.07. The zero-order valence-corrected chi connectivity index (χ0v) is 15.3. The van der Waals surface area contributed by atoms with E-state index in [1.807, 2.05) is 25.6 Å². The number of rotatable bonds is 2. The fourth-order valence-electron chi connectivity index (χ4n) is 4.36. The van der Waals surface area contributed by atoms with Gasteiger partial charge < -0.3 is 14.8 Å². The maximum atomic E-state index is 4.55. The maximum Gasteiger partial charge on any atom is 0.198 e. The third kappa shape index (κ3) is 2.60. The van der Waals surface area contributed by atoms with Gasteiger partial charge in [0.25, 0.3) is 0 Å². The zero-order valence-electron chi connectivity index (χ0n) is 15.3. The van der Waals surface area contributed by atoms with E-state index in [0.29, 0.717) is 12.0 Å². The second-order valence-electron chi connectivity index (χ2n) is 7.21. The van der Waals surface area contributed by atoms with Crippen LogP contribution in [0.2, 0.25) is 0 Å². The molecule has 1 N–H and O–H groups in total. The molecular formula is C19H26N6. The average molecular weight is 338 g/mol. The van der Waals surface area contributed by atoms with Gasteiger partial charge in [-0.1, -0.05) is 31.0 Å². The lowest BCUT2D eigenvalue weighted by atomic mass is 9.81. The Labute approximate surface area is 149 Å². The van der Waals surface area contributed by atoms with Gasteiger partial charge in [-0.15, -0.1) is 10.2 Å². The van der Waals surface area contributed by atoms with Gasteiger partial charge in [0.1, 0.15) is 5.82 Å². The first-order chi connectivity index (χ1) is 12.1. The SMILES string of the molecule is CN=C(NCc1nnc(C)n1C)N1CC2(CCCC2)c2ccccc21. The Hall–Kier alpha value is -2.37. The summed E-state index contributed by atoms with van der Waals surface area (Å²) in [7, 11) is 3.85. The minimum atomic E-state index is 0.301. The van der Waals surface area contributed by atoms with Gasteiger partial charge in [-0.3, -0.25) is 4.99 Å². The molecule has 1 fully saturated rings. The molecule has 4 rings (SSSR count). The standard InChI is InChI=1S/C19H26N6/c1-14-22-23-17(24(14)3)12-21-18(20-2)25-13-19(10-6-7-11-19)15-8-4-5-9-16(15)25/h4-5,8-9H,6-7,10-13H2,1-3H3,(H,20,21). The molecule has 0 amide bonds. The van der Waals surface area contributed by atoms with Crippen LogP contribution in [0.5, 0.6) is 0 Å². The number of fused-ring (bicyclic) bond motifs is 2. The molecule has 132 valence electrons. The molecule has 1 aliphatic carbocycles. The van der Waals surface area contributed by atoms with Crippen molar-refractivity contribution in [2.24, 2.45) is 12.0 Å². The number of nitrogens with one attached hydrogen (secondary N) is 1. The zero-order chi connectivity index (χ0) is 17.4. The molecule has 0 bridgehead atoms. The Morgan fingerprint density at radius 3 is 2.68 bits per heavy atom. The van der Waals surface area contributed by atoms with Crippen LogP contribution in [0, 0.1) is 6.92 Å². The number of benzene rings is 1. The van der Waals surface area contributed by atoms with E-state index in [2.05, 4.69) is 49.7 Å². The molecule has 1 saturated carbocycles. The van der Waals surface area contributed by atoms with E-state index in [1.54, 1.807) is 0 Å². The molecule has 0 saturated heterocycles. The Morgan fingerprint density at radius 2 is 2.00 bits per heavy atom. The molecule has 6 heteroatoms. The molecule has 1 aromatic carbocycles. The minimum Gasteiger partial charge on any atom is -0.349 e. The average Bonchev–Trinajstić information content (AvgIpc) is 3.32. The Bertz CT molecular complexity index is 800. The highest BCUT2D eigenvalue weighted by Crippen LogP contribution is 2.50. The van der Waals surface area contributed by atoms with E-state index in [9.17, 15) is 0 Å². The summed E-state index contributed by atoms with van der Waals surface area (Å²) < 4.78 is 2.01. The van der Waals surface area contributed by atoms with Crippen molar-refractivity contribution in [1.82, 2.24) is 20.1 Å². The largest absolute Gasteiger partial charge is 0.349 e. The van der Waals surface area contributed by atoms with Crippen LogP contribution in [0.4, 0.5) is 5.69 Å². The van der Waals surface area contributed by atoms with E-state index in [0.717, 1.165) is 24.2 Å². The highest BCUT2D eigenvalue weighted by atomic mass is 15.3. The number of hydrogen-bond donors (Lipinski definition) is 1. The van der Waals surface area contributed by atoms with E-state index in [4.69, 9.17) is 0 Å². The molecule has 0 atom stereocenters. The number of anilines is 1. The van der Waals surface area contributed by atoms with Gasteiger partial charge in [-0.25, -0.2) is 0 Å².